The SMILES string of the molecule is O=CC(O)c1ccccc1-c1ccccc1. The Hall–Kier alpha value is -1.93. The van der Waals surface area contributed by atoms with Crippen molar-refractivity contribution in [2.24, 2.45) is 0 Å². The standard InChI is InChI=1S/C14H12O2/c15-10-14(16)13-9-5-4-8-12(13)11-6-2-1-3-7-11/h1-10,14,16H. The van der Waals surface area contributed by atoms with Gasteiger partial charge in [-0.15, -0.1) is 0 Å². The van der Waals surface area contributed by atoms with E-state index in [9.17, 15) is 9.90 Å². The number of aliphatic hydroxyl groups is 1. The van der Waals surface area contributed by atoms with E-state index in [1.165, 1.54) is 0 Å². The summed E-state index contributed by atoms with van der Waals surface area (Å²) in [5, 5.41) is 9.60. The average Bonchev–Trinajstić information content (AvgIpc) is 2.39. The van der Waals surface area contributed by atoms with E-state index in [1.807, 2.05) is 48.5 Å². The zero-order chi connectivity index (χ0) is 11.4. The Bertz CT molecular complexity index is 477. The van der Waals surface area contributed by atoms with Crippen LogP contribution in [0.25, 0.3) is 11.1 Å². The molecular weight excluding hydrogens is 200 g/mol. The van der Waals surface area contributed by atoms with Crippen molar-refractivity contribution in [2.75, 3.05) is 0 Å². The molecule has 0 saturated carbocycles. The molecule has 16 heavy (non-hydrogen) atoms. The Kier molecular flexibility index (Phi) is 3.13. The Morgan fingerprint density at radius 3 is 2.25 bits per heavy atom. The van der Waals surface area contributed by atoms with Crippen LogP contribution in [0.15, 0.2) is 54.6 Å². The highest BCUT2D eigenvalue weighted by atomic mass is 16.3. The predicted octanol–water partition coefficient (Wildman–Crippen LogP) is 2.59. The van der Waals surface area contributed by atoms with Crippen LogP contribution in [0, 0.1) is 0 Å². The molecule has 0 aliphatic carbocycles. The van der Waals surface area contributed by atoms with Crippen LogP contribution in [0.5, 0.6) is 0 Å². The van der Waals surface area contributed by atoms with Crippen LogP contribution in [0.1, 0.15) is 11.7 Å². The minimum atomic E-state index is -1.06. The molecule has 2 heteroatoms. The largest absolute Gasteiger partial charge is 0.381 e. The first-order chi connectivity index (χ1) is 7.83. The van der Waals surface area contributed by atoms with Gasteiger partial charge in [0, 0.05) is 0 Å². The molecule has 0 heterocycles. The summed E-state index contributed by atoms with van der Waals surface area (Å²) in [5.74, 6) is 0. The molecule has 2 rings (SSSR count). The van der Waals surface area contributed by atoms with Gasteiger partial charge in [0.05, 0.1) is 0 Å². The lowest BCUT2D eigenvalue weighted by Gasteiger charge is -2.10. The summed E-state index contributed by atoms with van der Waals surface area (Å²) in [6, 6.07) is 17.1. The third-order valence-electron chi connectivity index (χ3n) is 2.49. The lowest BCUT2D eigenvalue weighted by Crippen LogP contribution is -2.00. The van der Waals surface area contributed by atoms with Crippen molar-refractivity contribution in [1.29, 1.82) is 0 Å². The molecular formula is C14H12O2. The molecule has 80 valence electrons. The molecule has 0 spiro atoms. The fraction of sp³-hybridized carbons (Fsp3) is 0.0714. The van der Waals surface area contributed by atoms with E-state index in [1.54, 1.807) is 6.07 Å². The van der Waals surface area contributed by atoms with Crippen LogP contribution in [-0.4, -0.2) is 11.4 Å². The molecule has 2 nitrogen and oxygen atoms in total. The lowest BCUT2D eigenvalue weighted by molar-refractivity contribution is -0.115. The minimum absolute atomic E-state index is 0.543. The van der Waals surface area contributed by atoms with Crippen molar-refractivity contribution in [3.05, 3.63) is 60.2 Å². The van der Waals surface area contributed by atoms with Crippen molar-refractivity contribution in [1.82, 2.24) is 0 Å². The van der Waals surface area contributed by atoms with E-state index in [0.29, 0.717) is 11.8 Å². The van der Waals surface area contributed by atoms with E-state index in [0.717, 1.165) is 11.1 Å². The Labute approximate surface area is 94.2 Å². The molecule has 0 fully saturated rings. The van der Waals surface area contributed by atoms with Crippen molar-refractivity contribution in [2.45, 2.75) is 6.10 Å². The summed E-state index contributed by atoms with van der Waals surface area (Å²) in [5.41, 5.74) is 2.53. The maximum Gasteiger partial charge on any atom is 0.153 e. The van der Waals surface area contributed by atoms with Gasteiger partial charge in [-0.1, -0.05) is 54.6 Å². The first-order valence-corrected chi connectivity index (χ1v) is 5.10. The highest BCUT2D eigenvalue weighted by molar-refractivity contribution is 5.73. The van der Waals surface area contributed by atoms with Gasteiger partial charge < -0.3 is 9.90 Å². The van der Waals surface area contributed by atoms with Crippen LogP contribution >= 0.6 is 0 Å². The Balaban J connectivity index is 2.53. The Morgan fingerprint density at radius 2 is 1.56 bits per heavy atom. The van der Waals surface area contributed by atoms with E-state index in [2.05, 4.69) is 0 Å². The molecule has 0 aliphatic heterocycles. The normalized spacial score (nSPS) is 12.1. The topological polar surface area (TPSA) is 37.3 Å². The summed E-state index contributed by atoms with van der Waals surface area (Å²) in [6.45, 7) is 0. The fourth-order valence-corrected chi connectivity index (χ4v) is 1.71. The van der Waals surface area contributed by atoms with Crippen molar-refractivity contribution < 1.29 is 9.90 Å². The number of hydrogen-bond donors (Lipinski definition) is 1. The van der Waals surface area contributed by atoms with E-state index < -0.39 is 6.10 Å². The summed E-state index contributed by atoms with van der Waals surface area (Å²) in [7, 11) is 0. The second kappa shape index (κ2) is 4.73. The lowest BCUT2D eigenvalue weighted by atomic mass is 9.97. The second-order valence-corrected chi connectivity index (χ2v) is 3.53. The van der Waals surface area contributed by atoms with Crippen LogP contribution in [0.4, 0.5) is 0 Å². The third-order valence-corrected chi connectivity index (χ3v) is 2.49. The van der Waals surface area contributed by atoms with Gasteiger partial charge in [0.25, 0.3) is 0 Å². The van der Waals surface area contributed by atoms with Gasteiger partial charge in [-0.05, 0) is 16.7 Å². The van der Waals surface area contributed by atoms with Gasteiger partial charge in [0.15, 0.2) is 6.29 Å². The van der Waals surface area contributed by atoms with Crippen molar-refractivity contribution >= 4 is 6.29 Å². The number of hydrogen-bond acceptors (Lipinski definition) is 2. The van der Waals surface area contributed by atoms with Crippen LogP contribution < -0.4 is 0 Å². The van der Waals surface area contributed by atoms with Gasteiger partial charge in [-0.3, -0.25) is 0 Å². The number of aldehydes is 1. The zero-order valence-electron chi connectivity index (χ0n) is 8.71. The van der Waals surface area contributed by atoms with E-state index in [-0.39, 0.29) is 0 Å². The number of carbonyl (C=O) groups excluding carboxylic acids is 1. The molecule has 0 saturated heterocycles. The van der Waals surface area contributed by atoms with E-state index in [4.69, 9.17) is 0 Å². The maximum absolute atomic E-state index is 10.6. The van der Waals surface area contributed by atoms with Gasteiger partial charge in [0.2, 0.25) is 0 Å². The van der Waals surface area contributed by atoms with Crippen LogP contribution in [0.2, 0.25) is 0 Å². The average molecular weight is 212 g/mol. The van der Waals surface area contributed by atoms with E-state index >= 15 is 0 Å². The van der Waals surface area contributed by atoms with Crippen LogP contribution in [-0.2, 0) is 4.79 Å². The molecule has 2 aromatic rings. The number of aliphatic hydroxyl groups excluding tert-OH is 1. The molecule has 0 bridgehead atoms. The first-order valence-electron chi connectivity index (χ1n) is 5.10. The monoisotopic (exact) mass is 212 g/mol. The van der Waals surface area contributed by atoms with Crippen LogP contribution in [0.3, 0.4) is 0 Å². The highest BCUT2D eigenvalue weighted by Gasteiger charge is 2.11. The van der Waals surface area contributed by atoms with Crippen molar-refractivity contribution in [3.63, 3.8) is 0 Å². The smallest absolute Gasteiger partial charge is 0.153 e. The molecule has 1 unspecified atom stereocenters. The molecule has 0 radical (unpaired) electrons. The van der Waals surface area contributed by atoms with Crippen molar-refractivity contribution in [3.8, 4) is 11.1 Å². The molecule has 2 aromatic carbocycles. The first kappa shape index (κ1) is 10.6. The molecule has 0 aromatic heterocycles. The van der Waals surface area contributed by atoms with Gasteiger partial charge in [-0.2, -0.15) is 0 Å². The summed E-state index contributed by atoms with van der Waals surface area (Å²) >= 11 is 0. The number of benzene rings is 2. The summed E-state index contributed by atoms with van der Waals surface area (Å²) < 4.78 is 0. The molecule has 1 N–H and O–H groups in total. The molecule has 0 amide bonds. The number of rotatable bonds is 3. The molecule has 1 atom stereocenters. The summed E-state index contributed by atoms with van der Waals surface area (Å²) in [6.07, 6.45) is -0.515. The zero-order valence-corrected chi connectivity index (χ0v) is 8.71. The Morgan fingerprint density at radius 1 is 0.938 bits per heavy atom. The fourth-order valence-electron chi connectivity index (χ4n) is 1.71. The van der Waals surface area contributed by atoms with Gasteiger partial charge >= 0.3 is 0 Å². The third kappa shape index (κ3) is 2.02. The quantitative estimate of drug-likeness (QED) is 0.794. The predicted molar refractivity (Wildman–Crippen MR) is 62.9 cm³/mol. The van der Waals surface area contributed by atoms with Gasteiger partial charge in [-0.25, -0.2) is 0 Å². The molecule has 0 aliphatic rings. The number of carbonyl (C=O) groups is 1. The minimum Gasteiger partial charge on any atom is -0.381 e. The second-order valence-electron chi connectivity index (χ2n) is 3.53. The maximum atomic E-state index is 10.6. The summed E-state index contributed by atoms with van der Waals surface area (Å²) in [4.78, 5) is 10.6. The van der Waals surface area contributed by atoms with Gasteiger partial charge in [0.1, 0.15) is 6.10 Å². The highest BCUT2D eigenvalue weighted by Crippen LogP contribution is 2.27.